The lowest BCUT2D eigenvalue weighted by molar-refractivity contribution is 0.0710. The van der Waals surface area contributed by atoms with E-state index in [1.165, 1.54) is 25.9 Å². The molecule has 2 aromatic heterocycles. The fourth-order valence-electron chi connectivity index (χ4n) is 4.10. The molecule has 1 amide bonds. The molecule has 6 nitrogen and oxygen atoms in total. The molecule has 0 saturated carbocycles. The fourth-order valence-corrected chi connectivity index (χ4v) is 4.10. The van der Waals surface area contributed by atoms with Crippen molar-refractivity contribution in [3.8, 4) is 0 Å². The molecule has 2 aliphatic rings. The van der Waals surface area contributed by atoms with E-state index in [1.54, 1.807) is 0 Å². The molecular weight excluding hydrogens is 304 g/mol. The van der Waals surface area contributed by atoms with Crippen molar-refractivity contribution < 1.29 is 9.32 Å². The molecule has 2 aliphatic heterocycles. The lowest BCUT2D eigenvalue weighted by atomic mass is 10.1. The highest BCUT2D eigenvalue weighted by atomic mass is 16.5. The third kappa shape index (κ3) is 2.69. The molecule has 128 valence electrons. The second kappa shape index (κ2) is 6.16. The predicted molar refractivity (Wildman–Crippen MR) is 91.0 cm³/mol. The lowest BCUT2D eigenvalue weighted by Gasteiger charge is -2.28. The number of hydrogen-bond donors (Lipinski definition) is 0. The zero-order chi connectivity index (χ0) is 16.7. The Hall–Kier alpha value is -1.95. The second-order valence-corrected chi connectivity index (χ2v) is 7.06. The first-order valence-electron chi connectivity index (χ1n) is 8.90. The van der Waals surface area contributed by atoms with Crippen LogP contribution in [0, 0.1) is 13.8 Å². The number of aryl methyl sites for hydroxylation is 2. The number of hydrogen-bond acceptors (Lipinski definition) is 5. The molecule has 0 aromatic carbocycles. The smallest absolute Gasteiger partial charge is 0.258 e. The zero-order valence-corrected chi connectivity index (χ0v) is 14.4. The number of amides is 1. The number of aromatic nitrogens is 2. The van der Waals surface area contributed by atoms with Gasteiger partial charge in [-0.05, 0) is 58.7 Å². The summed E-state index contributed by atoms with van der Waals surface area (Å²) in [6.07, 6.45) is 4.74. The molecule has 24 heavy (non-hydrogen) atoms. The summed E-state index contributed by atoms with van der Waals surface area (Å²) in [6.45, 7) is 7.93. The molecule has 1 unspecified atom stereocenters. The van der Waals surface area contributed by atoms with E-state index in [-0.39, 0.29) is 5.91 Å². The van der Waals surface area contributed by atoms with Gasteiger partial charge in [-0.3, -0.25) is 4.79 Å². The topological polar surface area (TPSA) is 62.5 Å². The summed E-state index contributed by atoms with van der Waals surface area (Å²) in [5.41, 5.74) is 2.67. The Kier molecular flexibility index (Phi) is 4.00. The maximum absolute atomic E-state index is 13.3. The third-order valence-corrected chi connectivity index (χ3v) is 5.28. The van der Waals surface area contributed by atoms with Crippen LogP contribution in [-0.4, -0.2) is 58.1 Å². The van der Waals surface area contributed by atoms with Crippen LogP contribution in [0.1, 0.15) is 47.4 Å². The van der Waals surface area contributed by atoms with Gasteiger partial charge in [0.25, 0.3) is 11.6 Å². The largest absolute Gasteiger partial charge is 0.336 e. The van der Waals surface area contributed by atoms with Gasteiger partial charge in [-0.1, -0.05) is 5.16 Å². The fraction of sp³-hybridized carbons (Fsp3) is 0.611. The molecule has 6 heteroatoms. The van der Waals surface area contributed by atoms with Crippen LogP contribution >= 0.6 is 0 Å². The summed E-state index contributed by atoms with van der Waals surface area (Å²) in [4.78, 5) is 22.2. The highest BCUT2D eigenvalue weighted by Crippen LogP contribution is 2.27. The highest BCUT2D eigenvalue weighted by Gasteiger charge is 2.33. The van der Waals surface area contributed by atoms with Crippen molar-refractivity contribution in [3.63, 3.8) is 0 Å². The van der Waals surface area contributed by atoms with Gasteiger partial charge in [0.05, 0.1) is 16.6 Å². The summed E-state index contributed by atoms with van der Waals surface area (Å²) in [5.74, 6) is 0.0958. The highest BCUT2D eigenvalue weighted by molar-refractivity contribution is 6.06. The number of likely N-dealkylation sites (tertiary alicyclic amines) is 2. The summed E-state index contributed by atoms with van der Waals surface area (Å²) in [6, 6.07) is 2.19. The van der Waals surface area contributed by atoms with Crippen molar-refractivity contribution in [3.05, 3.63) is 23.0 Å². The van der Waals surface area contributed by atoms with Gasteiger partial charge in [-0.2, -0.15) is 0 Å². The molecule has 1 atom stereocenters. The van der Waals surface area contributed by atoms with Gasteiger partial charge in [-0.15, -0.1) is 0 Å². The predicted octanol–water partition coefficient (Wildman–Crippen LogP) is 2.54. The van der Waals surface area contributed by atoms with Crippen LogP contribution in [0.5, 0.6) is 0 Å². The summed E-state index contributed by atoms with van der Waals surface area (Å²) in [5, 5.41) is 4.75. The van der Waals surface area contributed by atoms with E-state index in [0.717, 1.165) is 42.7 Å². The average molecular weight is 328 g/mol. The lowest BCUT2D eigenvalue weighted by Crippen LogP contribution is -2.42. The number of rotatable bonds is 3. The van der Waals surface area contributed by atoms with E-state index in [2.05, 4.69) is 19.9 Å². The van der Waals surface area contributed by atoms with Crippen LogP contribution in [0.4, 0.5) is 0 Å². The van der Waals surface area contributed by atoms with Gasteiger partial charge in [0.1, 0.15) is 0 Å². The normalized spacial score (nSPS) is 21.9. The van der Waals surface area contributed by atoms with Gasteiger partial charge in [0.2, 0.25) is 0 Å². The van der Waals surface area contributed by atoms with Gasteiger partial charge in [0, 0.05) is 24.8 Å². The maximum atomic E-state index is 13.3. The Morgan fingerprint density at radius 3 is 2.83 bits per heavy atom. The number of carbonyl (C=O) groups excluding carboxylic acids is 1. The van der Waals surface area contributed by atoms with Crippen LogP contribution in [0.15, 0.2) is 10.6 Å². The Morgan fingerprint density at radius 1 is 1.25 bits per heavy atom. The van der Waals surface area contributed by atoms with E-state index in [4.69, 9.17) is 4.52 Å². The summed E-state index contributed by atoms with van der Waals surface area (Å²) in [7, 11) is 0. The maximum Gasteiger partial charge on any atom is 0.258 e. The van der Waals surface area contributed by atoms with Gasteiger partial charge in [-0.25, -0.2) is 4.98 Å². The van der Waals surface area contributed by atoms with Gasteiger partial charge >= 0.3 is 0 Å². The summed E-state index contributed by atoms with van der Waals surface area (Å²) >= 11 is 0. The number of pyridine rings is 1. The van der Waals surface area contributed by atoms with Crippen molar-refractivity contribution in [1.82, 2.24) is 19.9 Å². The van der Waals surface area contributed by atoms with E-state index >= 15 is 0 Å². The molecule has 0 aliphatic carbocycles. The Bertz CT molecular complexity index is 764. The van der Waals surface area contributed by atoms with Crippen molar-refractivity contribution in [1.29, 1.82) is 0 Å². The molecule has 2 fully saturated rings. The zero-order valence-electron chi connectivity index (χ0n) is 14.4. The van der Waals surface area contributed by atoms with E-state index < -0.39 is 0 Å². The minimum atomic E-state index is 0.0958. The third-order valence-electron chi connectivity index (χ3n) is 5.28. The standard InChI is InChI=1S/C18H24N4O2/c1-12-10-15(16-13(2)20-24-17(16)19-12)18(23)22-9-5-6-14(22)11-21-7-3-4-8-21/h10,14H,3-9,11H2,1-2H3. The first kappa shape index (κ1) is 15.6. The van der Waals surface area contributed by atoms with Crippen LogP contribution in [0.25, 0.3) is 11.1 Å². The van der Waals surface area contributed by atoms with Gasteiger partial charge < -0.3 is 14.3 Å². The molecule has 2 saturated heterocycles. The SMILES string of the molecule is Cc1cc(C(=O)N2CCCC2CN2CCCC2)c2c(C)noc2n1. The first-order chi connectivity index (χ1) is 11.6. The quantitative estimate of drug-likeness (QED) is 0.866. The minimum Gasteiger partial charge on any atom is -0.336 e. The van der Waals surface area contributed by atoms with E-state index in [9.17, 15) is 4.79 Å². The van der Waals surface area contributed by atoms with Crippen molar-refractivity contribution in [2.45, 2.75) is 45.6 Å². The molecule has 0 radical (unpaired) electrons. The average Bonchev–Trinajstić information content (AvgIpc) is 3.29. The summed E-state index contributed by atoms with van der Waals surface area (Å²) < 4.78 is 5.28. The van der Waals surface area contributed by atoms with E-state index in [0.29, 0.717) is 17.3 Å². The van der Waals surface area contributed by atoms with E-state index in [1.807, 2.05) is 19.9 Å². The second-order valence-electron chi connectivity index (χ2n) is 7.06. The number of carbonyl (C=O) groups is 1. The van der Waals surface area contributed by atoms with Gasteiger partial charge in [0.15, 0.2) is 0 Å². The van der Waals surface area contributed by atoms with Crippen LogP contribution < -0.4 is 0 Å². The van der Waals surface area contributed by atoms with Crippen molar-refractivity contribution in [2.75, 3.05) is 26.2 Å². The Labute approximate surface area is 141 Å². The molecule has 0 bridgehead atoms. The van der Waals surface area contributed by atoms with Crippen LogP contribution in [-0.2, 0) is 0 Å². The Morgan fingerprint density at radius 2 is 2.04 bits per heavy atom. The molecular formula is C18H24N4O2. The monoisotopic (exact) mass is 328 g/mol. The minimum absolute atomic E-state index is 0.0958. The molecule has 0 spiro atoms. The molecule has 2 aromatic rings. The first-order valence-corrected chi connectivity index (χ1v) is 8.90. The van der Waals surface area contributed by atoms with Crippen LogP contribution in [0.3, 0.4) is 0 Å². The Balaban J connectivity index is 1.64. The molecule has 4 rings (SSSR count). The number of fused-ring (bicyclic) bond motifs is 1. The van der Waals surface area contributed by atoms with Crippen molar-refractivity contribution in [2.24, 2.45) is 0 Å². The molecule has 0 N–H and O–H groups in total. The number of nitrogens with zero attached hydrogens (tertiary/aromatic N) is 4. The molecule has 4 heterocycles. The van der Waals surface area contributed by atoms with Crippen molar-refractivity contribution >= 4 is 17.0 Å². The van der Waals surface area contributed by atoms with Crippen LogP contribution in [0.2, 0.25) is 0 Å².